The van der Waals surface area contributed by atoms with Crippen molar-refractivity contribution in [2.45, 2.75) is 17.6 Å². The third-order valence-corrected chi connectivity index (χ3v) is 5.47. The quantitative estimate of drug-likeness (QED) is 0.324. The minimum absolute atomic E-state index is 0.258. The van der Waals surface area contributed by atoms with Crippen LogP contribution in [0.15, 0.2) is 79.6 Å². The zero-order chi connectivity index (χ0) is 18.4. The summed E-state index contributed by atoms with van der Waals surface area (Å²) in [5.74, 6) is 1.94. The average molecular weight is 429 g/mol. The monoisotopic (exact) mass is 428 g/mol. The Bertz CT molecular complexity index is 886. The Labute approximate surface area is 164 Å². The topological polar surface area (TPSA) is 54.6 Å². The largest absolute Gasteiger partial charge is 0.459 e. The summed E-state index contributed by atoms with van der Waals surface area (Å²) >= 11 is 5.13. The molecule has 1 aromatic heterocycles. The zero-order valence-corrected chi connectivity index (χ0v) is 16.5. The highest BCUT2D eigenvalue weighted by Gasteiger charge is 2.05. The van der Waals surface area contributed by atoms with Crippen LogP contribution >= 0.6 is 27.7 Å². The maximum absolute atomic E-state index is 12.1. The predicted molar refractivity (Wildman–Crippen MR) is 109 cm³/mol. The number of nitrogens with one attached hydrogen (secondary N) is 1. The molecular formula is C20H17BrN2O2S. The molecule has 3 aromatic rings. The van der Waals surface area contributed by atoms with Gasteiger partial charge in [0.1, 0.15) is 11.5 Å². The molecule has 2 aromatic carbocycles. The van der Waals surface area contributed by atoms with Crippen LogP contribution in [0.3, 0.4) is 0 Å². The highest BCUT2D eigenvalue weighted by molar-refractivity contribution is 9.10. The van der Waals surface area contributed by atoms with E-state index in [0.29, 0.717) is 11.3 Å². The van der Waals surface area contributed by atoms with Gasteiger partial charge in [0.05, 0.1) is 10.7 Å². The van der Waals surface area contributed by atoms with E-state index in [2.05, 4.69) is 38.6 Å². The van der Waals surface area contributed by atoms with E-state index in [4.69, 9.17) is 4.42 Å². The smallest absolute Gasteiger partial charge is 0.271 e. The zero-order valence-electron chi connectivity index (χ0n) is 14.1. The lowest BCUT2D eigenvalue weighted by Gasteiger charge is -2.04. The molecule has 0 fully saturated rings. The Kier molecular flexibility index (Phi) is 6.30. The number of aryl methyl sites for hydroxylation is 1. The van der Waals surface area contributed by atoms with Gasteiger partial charge in [-0.05, 0) is 52.7 Å². The van der Waals surface area contributed by atoms with Gasteiger partial charge in [-0.2, -0.15) is 5.10 Å². The minimum atomic E-state index is -0.258. The van der Waals surface area contributed by atoms with Crippen molar-refractivity contribution in [1.82, 2.24) is 5.43 Å². The number of carbonyl (C=O) groups excluding carboxylic acids is 1. The van der Waals surface area contributed by atoms with Gasteiger partial charge in [0.15, 0.2) is 0 Å². The number of hydrogen-bond donors (Lipinski definition) is 1. The standard InChI is InChI=1S/C20H17BrN2O2S/c1-14-19(21)11-17(25-14)12-22-23-20(24)16-9-7-15(8-10-16)13-26-18-5-3-2-4-6-18/h2-12H,13H2,1H3,(H,23,24)/b22-12-. The summed E-state index contributed by atoms with van der Waals surface area (Å²) < 4.78 is 6.30. The van der Waals surface area contributed by atoms with Crippen molar-refractivity contribution in [1.29, 1.82) is 0 Å². The fourth-order valence-electron chi connectivity index (χ4n) is 2.20. The molecule has 6 heteroatoms. The first-order valence-corrected chi connectivity index (χ1v) is 9.76. The molecule has 0 spiro atoms. The number of rotatable bonds is 6. The fourth-order valence-corrected chi connectivity index (χ4v) is 3.38. The maximum atomic E-state index is 12.1. The number of amides is 1. The molecule has 0 saturated heterocycles. The number of halogens is 1. The van der Waals surface area contributed by atoms with Crippen LogP contribution in [0, 0.1) is 6.92 Å². The lowest BCUT2D eigenvalue weighted by atomic mass is 10.1. The van der Waals surface area contributed by atoms with Crippen LogP contribution in [0.2, 0.25) is 0 Å². The number of nitrogens with zero attached hydrogens (tertiary/aromatic N) is 1. The molecule has 3 rings (SSSR count). The van der Waals surface area contributed by atoms with Gasteiger partial charge < -0.3 is 4.42 Å². The van der Waals surface area contributed by atoms with Gasteiger partial charge in [-0.1, -0.05) is 30.3 Å². The van der Waals surface area contributed by atoms with E-state index in [-0.39, 0.29) is 5.91 Å². The van der Waals surface area contributed by atoms with Crippen LogP contribution in [0.5, 0.6) is 0 Å². The Morgan fingerprint density at radius 2 is 1.92 bits per heavy atom. The van der Waals surface area contributed by atoms with Crippen LogP contribution < -0.4 is 5.43 Å². The number of hydrazone groups is 1. The van der Waals surface area contributed by atoms with Crippen LogP contribution in [-0.2, 0) is 5.75 Å². The molecule has 0 atom stereocenters. The highest BCUT2D eigenvalue weighted by Crippen LogP contribution is 2.22. The summed E-state index contributed by atoms with van der Waals surface area (Å²) in [6, 6.07) is 19.6. The van der Waals surface area contributed by atoms with E-state index in [1.165, 1.54) is 11.1 Å². The molecule has 0 radical (unpaired) electrons. The lowest BCUT2D eigenvalue weighted by molar-refractivity contribution is 0.0955. The van der Waals surface area contributed by atoms with Gasteiger partial charge in [0.25, 0.3) is 5.91 Å². The van der Waals surface area contributed by atoms with Crippen molar-refractivity contribution in [2.24, 2.45) is 5.10 Å². The molecule has 0 bridgehead atoms. The minimum Gasteiger partial charge on any atom is -0.459 e. The molecule has 132 valence electrons. The first kappa shape index (κ1) is 18.5. The first-order valence-electron chi connectivity index (χ1n) is 7.98. The summed E-state index contributed by atoms with van der Waals surface area (Å²) in [7, 11) is 0. The van der Waals surface area contributed by atoms with Crippen molar-refractivity contribution in [2.75, 3.05) is 0 Å². The van der Waals surface area contributed by atoms with Crippen molar-refractivity contribution < 1.29 is 9.21 Å². The fraction of sp³-hybridized carbons (Fsp3) is 0.100. The van der Waals surface area contributed by atoms with Gasteiger partial charge in [0.2, 0.25) is 0 Å². The SMILES string of the molecule is Cc1oc(/C=N\NC(=O)c2ccc(CSc3ccccc3)cc2)cc1Br. The molecule has 0 aliphatic rings. The number of benzene rings is 2. The second kappa shape index (κ2) is 8.87. The second-order valence-electron chi connectivity index (χ2n) is 5.55. The Morgan fingerprint density at radius 3 is 2.58 bits per heavy atom. The average Bonchev–Trinajstić information content (AvgIpc) is 2.99. The van der Waals surface area contributed by atoms with E-state index >= 15 is 0 Å². The summed E-state index contributed by atoms with van der Waals surface area (Å²) in [4.78, 5) is 13.4. The van der Waals surface area contributed by atoms with Crippen molar-refractivity contribution >= 4 is 39.8 Å². The van der Waals surface area contributed by atoms with E-state index < -0.39 is 0 Å². The summed E-state index contributed by atoms with van der Waals surface area (Å²) in [5, 5.41) is 3.93. The molecule has 0 saturated carbocycles. The van der Waals surface area contributed by atoms with Crippen LogP contribution in [0.25, 0.3) is 0 Å². The predicted octanol–water partition coefficient (Wildman–Crippen LogP) is 5.41. The van der Waals surface area contributed by atoms with Crippen LogP contribution in [0.1, 0.15) is 27.4 Å². The molecule has 1 N–H and O–H groups in total. The van der Waals surface area contributed by atoms with Crippen molar-refractivity contribution in [3.05, 3.63) is 87.8 Å². The van der Waals surface area contributed by atoms with Gasteiger partial charge in [-0.25, -0.2) is 5.43 Å². The van der Waals surface area contributed by atoms with E-state index in [1.807, 2.05) is 37.3 Å². The van der Waals surface area contributed by atoms with E-state index in [1.54, 1.807) is 30.0 Å². The first-order chi connectivity index (χ1) is 12.6. The number of carbonyl (C=O) groups is 1. The van der Waals surface area contributed by atoms with Crippen LogP contribution in [-0.4, -0.2) is 12.1 Å². The summed E-state index contributed by atoms with van der Waals surface area (Å²) in [5.41, 5.74) is 4.23. The van der Waals surface area contributed by atoms with Gasteiger partial charge in [-0.15, -0.1) is 11.8 Å². The highest BCUT2D eigenvalue weighted by atomic mass is 79.9. The summed E-state index contributed by atoms with van der Waals surface area (Å²) in [6.45, 7) is 1.84. The molecule has 26 heavy (non-hydrogen) atoms. The lowest BCUT2D eigenvalue weighted by Crippen LogP contribution is -2.17. The normalized spacial score (nSPS) is 11.0. The molecule has 0 unspecified atom stereocenters. The Morgan fingerprint density at radius 1 is 1.19 bits per heavy atom. The Hall–Kier alpha value is -2.31. The van der Waals surface area contributed by atoms with E-state index in [0.717, 1.165) is 21.5 Å². The number of furan rings is 1. The van der Waals surface area contributed by atoms with Gasteiger partial charge in [0, 0.05) is 22.3 Å². The van der Waals surface area contributed by atoms with Gasteiger partial charge in [-0.3, -0.25) is 4.79 Å². The van der Waals surface area contributed by atoms with Gasteiger partial charge >= 0.3 is 0 Å². The third kappa shape index (κ3) is 5.09. The van der Waals surface area contributed by atoms with E-state index in [9.17, 15) is 4.79 Å². The van der Waals surface area contributed by atoms with Crippen LogP contribution in [0.4, 0.5) is 0 Å². The number of thioether (sulfide) groups is 1. The third-order valence-electron chi connectivity index (χ3n) is 3.60. The molecule has 1 heterocycles. The molecule has 4 nitrogen and oxygen atoms in total. The molecular weight excluding hydrogens is 412 g/mol. The second-order valence-corrected chi connectivity index (χ2v) is 7.45. The van der Waals surface area contributed by atoms with Crippen molar-refractivity contribution in [3.63, 3.8) is 0 Å². The Balaban J connectivity index is 1.53. The maximum Gasteiger partial charge on any atom is 0.271 e. The molecule has 0 aliphatic heterocycles. The molecule has 0 aliphatic carbocycles. The number of hydrogen-bond acceptors (Lipinski definition) is 4. The molecule has 1 amide bonds. The van der Waals surface area contributed by atoms with Crippen molar-refractivity contribution in [3.8, 4) is 0 Å². The summed E-state index contributed by atoms with van der Waals surface area (Å²) in [6.07, 6.45) is 1.47.